The highest BCUT2D eigenvalue weighted by molar-refractivity contribution is 5.84. The third-order valence-electron chi connectivity index (χ3n) is 4.56. The number of carbonyl (C=O) groups excluding carboxylic acids is 1. The Bertz CT molecular complexity index is 647. The van der Waals surface area contributed by atoms with E-state index in [2.05, 4.69) is 17.4 Å². The van der Waals surface area contributed by atoms with E-state index in [-0.39, 0.29) is 24.5 Å². The molecule has 1 saturated carbocycles. The van der Waals surface area contributed by atoms with Crippen molar-refractivity contribution < 1.29 is 9.90 Å². The SMILES string of the molecule is Cc1cc2ccccc2n1CC(=O)NC1CCCC1CO. The normalized spacial score (nSPS) is 21.8. The minimum atomic E-state index is 0.0322. The molecule has 4 heteroatoms. The second-order valence-electron chi connectivity index (χ2n) is 5.98. The summed E-state index contributed by atoms with van der Waals surface area (Å²) >= 11 is 0. The number of aryl methyl sites for hydroxylation is 1. The topological polar surface area (TPSA) is 54.3 Å². The van der Waals surface area contributed by atoms with E-state index in [0.29, 0.717) is 6.54 Å². The van der Waals surface area contributed by atoms with Gasteiger partial charge in [-0.1, -0.05) is 24.6 Å². The van der Waals surface area contributed by atoms with E-state index in [1.54, 1.807) is 0 Å². The standard InChI is InChI=1S/C17H22N2O2/c1-12-9-13-5-2-3-8-16(13)19(12)10-17(21)18-15-7-4-6-14(15)11-20/h2-3,5,8-9,14-15,20H,4,6-7,10-11H2,1H3,(H,18,21). The van der Waals surface area contributed by atoms with E-state index in [4.69, 9.17) is 0 Å². The minimum absolute atomic E-state index is 0.0322. The highest BCUT2D eigenvalue weighted by Crippen LogP contribution is 2.25. The van der Waals surface area contributed by atoms with Gasteiger partial charge in [-0.05, 0) is 37.3 Å². The van der Waals surface area contributed by atoms with Gasteiger partial charge in [-0.3, -0.25) is 4.79 Å². The molecule has 2 atom stereocenters. The van der Waals surface area contributed by atoms with Crippen molar-refractivity contribution in [1.82, 2.24) is 9.88 Å². The van der Waals surface area contributed by atoms with E-state index >= 15 is 0 Å². The van der Waals surface area contributed by atoms with Gasteiger partial charge in [0.1, 0.15) is 6.54 Å². The Balaban J connectivity index is 1.73. The second-order valence-corrected chi connectivity index (χ2v) is 5.98. The summed E-state index contributed by atoms with van der Waals surface area (Å²) in [5, 5.41) is 13.6. The highest BCUT2D eigenvalue weighted by Gasteiger charge is 2.27. The zero-order valence-electron chi connectivity index (χ0n) is 12.4. The van der Waals surface area contributed by atoms with Crippen molar-refractivity contribution >= 4 is 16.8 Å². The molecule has 112 valence electrons. The van der Waals surface area contributed by atoms with Gasteiger partial charge in [0.15, 0.2) is 0 Å². The van der Waals surface area contributed by atoms with Gasteiger partial charge in [-0.25, -0.2) is 0 Å². The van der Waals surface area contributed by atoms with Gasteiger partial charge in [0.25, 0.3) is 0 Å². The molecule has 1 heterocycles. The van der Waals surface area contributed by atoms with Crippen LogP contribution in [0.2, 0.25) is 0 Å². The summed E-state index contributed by atoms with van der Waals surface area (Å²) in [5.41, 5.74) is 2.19. The van der Waals surface area contributed by atoms with Crippen LogP contribution in [-0.2, 0) is 11.3 Å². The van der Waals surface area contributed by atoms with Crippen molar-refractivity contribution in [2.45, 2.75) is 38.8 Å². The molecule has 0 aliphatic heterocycles. The smallest absolute Gasteiger partial charge is 0.240 e. The van der Waals surface area contributed by atoms with Crippen LogP contribution in [0.1, 0.15) is 25.0 Å². The zero-order valence-corrected chi connectivity index (χ0v) is 12.4. The number of aliphatic hydroxyl groups excluding tert-OH is 1. The van der Waals surface area contributed by atoms with Crippen molar-refractivity contribution in [3.8, 4) is 0 Å². The predicted molar refractivity (Wildman–Crippen MR) is 83.0 cm³/mol. The number of rotatable bonds is 4. The summed E-state index contributed by atoms with van der Waals surface area (Å²) < 4.78 is 2.05. The summed E-state index contributed by atoms with van der Waals surface area (Å²) in [4.78, 5) is 12.3. The lowest BCUT2D eigenvalue weighted by molar-refractivity contribution is -0.122. The first-order chi connectivity index (χ1) is 10.2. The fourth-order valence-corrected chi connectivity index (χ4v) is 3.40. The molecule has 0 radical (unpaired) electrons. The molecule has 1 aliphatic carbocycles. The molecule has 1 aliphatic rings. The number of hydrogen-bond donors (Lipinski definition) is 2. The number of nitrogens with zero attached hydrogens (tertiary/aromatic N) is 1. The second kappa shape index (κ2) is 5.90. The molecule has 0 spiro atoms. The lowest BCUT2D eigenvalue weighted by Gasteiger charge is -2.19. The lowest BCUT2D eigenvalue weighted by atomic mass is 10.1. The highest BCUT2D eigenvalue weighted by atomic mass is 16.3. The molecule has 0 saturated heterocycles. The molecule has 2 aromatic rings. The first-order valence-corrected chi connectivity index (χ1v) is 7.64. The molecule has 1 amide bonds. The first kappa shape index (κ1) is 14.1. The van der Waals surface area contributed by atoms with Gasteiger partial charge >= 0.3 is 0 Å². The van der Waals surface area contributed by atoms with Crippen LogP contribution in [0.3, 0.4) is 0 Å². The van der Waals surface area contributed by atoms with Crippen molar-refractivity contribution in [2.24, 2.45) is 5.92 Å². The molecule has 0 bridgehead atoms. The maximum absolute atomic E-state index is 12.3. The van der Waals surface area contributed by atoms with Gasteiger partial charge < -0.3 is 15.0 Å². The third-order valence-corrected chi connectivity index (χ3v) is 4.56. The van der Waals surface area contributed by atoms with Crippen LogP contribution in [0.4, 0.5) is 0 Å². The average Bonchev–Trinajstić information content (AvgIpc) is 3.04. The molecule has 2 N–H and O–H groups in total. The van der Waals surface area contributed by atoms with Crippen molar-refractivity contribution in [2.75, 3.05) is 6.61 Å². The van der Waals surface area contributed by atoms with Gasteiger partial charge in [-0.2, -0.15) is 0 Å². The number of hydrogen-bond acceptors (Lipinski definition) is 2. The number of amides is 1. The molecule has 4 nitrogen and oxygen atoms in total. The Hall–Kier alpha value is -1.81. The Labute approximate surface area is 124 Å². The Morgan fingerprint density at radius 3 is 3.00 bits per heavy atom. The molecule has 1 aromatic carbocycles. The van der Waals surface area contributed by atoms with E-state index in [0.717, 1.165) is 35.9 Å². The largest absolute Gasteiger partial charge is 0.396 e. The lowest BCUT2D eigenvalue weighted by Crippen LogP contribution is -2.40. The van der Waals surface area contributed by atoms with Gasteiger partial charge in [0.2, 0.25) is 5.91 Å². The molecule has 2 unspecified atom stereocenters. The number of carbonyl (C=O) groups is 1. The number of nitrogens with one attached hydrogen (secondary N) is 1. The fourth-order valence-electron chi connectivity index (χ4n) is 3.40. The van der Waals surface area contributed by atoms with Gasteiger partial charge in [-0.15, -0.1) is 0 Å². The Kier molecular flexibility index (Phi) is 3.97. The van der Waals surface area contributed by atoms with E-state index in [9.17, 15) is 9.90 Å². The van der Waals surface area contributed by atoms with Gasteiger partial charge in [0.05, 0.1) is 0 Å². The van der Waals surface area contributed by atoms with Gasteiger partial charge in [0, 0.05) is 29.8 Å². The van der Waals surface area contributed by atoms with Crippen LogP contribution in [0.5, 0.6) is 0 Å². The first-order valence-electron chi connectivity index (χ1n) is 7.64. The number of aliphatic hydroxyl groups is 1. The zero-order chi connectivity index (χ0) is 14.8. The molecule has 3 rings (SSSR count). The van der Waals surface area contributed by atoms with Crippen LogP contribution in [-0.4, -0.2) is 28.2 Å². The summed E-state index contributed by atoms with van der Waals surface area (Å²) in [6.07, 6.45) is 3.07. The van der Waals surface area contributed by atoms with Crippen LogP contribution in [0.25, 0.3) is 10.9 Å². The maximum Gasteiger partial charge on any atom is 0.240 e. The number of benzene rings is 1. The van der Waals surface area contributed by atoms with Crippen LogP contribution in [0, 0.1) is 12.8 Å². The maximum atomic E-state index is 12.3. The van der Waals surface area contributed by atoms with Crippen LogP contribution >= 0.6 is 0 Å². The monoisotopic (exact) mass is 286 g/mol. The summed E-state index contributed by atoms with van der Waals surface area (Å²) in [7, 11) is 0. The summed E-state index contributed by atoms with van der Waals surface area (Å²) in [6, 6.07) is 10.3. The summed E-state index contributed by atoms with van der Waals surface area (Å²) in [6.45, 7) is 2.53. The molecular weight excluding hydrogens is 264 g/mol. The summed E-state index contributed by atoms with van der Waals surface area (Å²) in [5.74, 6) is 0.251. The number of aromatic nitrogens is 1. The molecule has 1 aromatic heterocycles. The Morgan fingerprint density at radius 1 is 1.38 bits per heavy atom. The van der Waals surface area contributed by atoms with Crippen molar-refractivity contribution in [3.63, 3.8) is 0 Å². The molecule has 21 heavy (non-hydrogen) atoms. The quantitative estimate of drug-likeness (QED) is 0.905. The van der Waals surface area contributed by atoms with Crippen molar-refractivity contribution in [3.05, 3.63) is 36.0 Å². The van der Waals surface area contributed by atoms with E-state index in [1.165, 1.54) is 0 Å². The number of fused-ring (bicyclic) bond motifs is 1. The number of para-hydroxylation sites is 1. The Morgan fingerprint density at radius 2 is 2.19 bits per heavy atom. The fraction of sp³-hybridized carbons (Fsp3) is 0.471. The molecular formula is C17H22N2O2. The third kappa shape index (κ3) is 2.81. The van der Waals surface area contributed by atoms with E-state index < -0.39 is 0 Å². The van der Waals surface area contributed by atoms with Crippen LogP contribution < -0.4 is 5.32 Å². The van der Waals surface area contributed by atoms with E-state index in [1.807, 2.05) is 29.7 Å². The molecule has 1 fully saturated rings. The van der Waals surface area contributed by atoms with Crippen LogP contribution in [0.15, 0.2) is 30.3 Å². The minimum Gasteiger partial charge on any atom is -0.396 e. The predicted octanol–water partition coefficient (Wildman–Crippen LogP) is 2.23. The average molecular weight is 286 g/mol. The van der Waals surface area contributed by atoms with Crippen molar-refractivity contribution in [1.29, 1.82) is 0 Å².